The average Bonchev–Trinajstić information content (AvgIpc) is 3.20. The van der Waals surface area contributed by atoms with Gasteiger partial charge in [0, 0.05) is 18.0 Å². The van der Waals surface area contributed by atoms with E-state index in [-0.39, 0.29) is 34.8 Å². The summed E-state index contributed by atoms with van der Waals surface area (Å²) in [6, 6.07) is -0.232. The molecule has 1 saturated heterocycles. The molecule has 1 amide bonds. The van der Waals surface area contributed by atoms with Crippen molar-refractivity contribution in [2.45, 2.75) is 43.9 Å². The lowest BCUT2D eigenvalue weighted by molar-refractivity contribution is -0.128. The van der Waals surface area contributed by atoms with Gasteiger partial charge in [0.25, 0.3) is 5.56 Å². The molecule has 2 aliphatic rings. The fourth-order valence-electron chi connectivity index (χ4n) is 3.90. The molecule has 1 N–H and O–H groups in total. The molecule has 1 fully saturated rings. The van der Waals surface area contributed by atoms with Crippen molar-refractivity contribution in [3.05, 3.63) is 26.6 Å². The molecule has 0 spiro atoms. The van der Waals surface area contributed by atoms with Crippen LogP contribution < -0.4 is 5.56 Å². The number of thioether (sulfide) groups is 1. The van der Waals surface area contributed by atoms with Crippen molar-refractivity contribution in [3.8, 4) is 0 Å². The van der Waals surface area contributed by atoms with Crippen molar-refractivity contribution < 1.29 is 13.2 Å². The zero-order chi connectivity index (χ0) is 19.9. The maximum absolute atomic E-state index is 12.5. The molecule has 7 nitrogen and oxygen atoms in total. The molecule has 2 aromatic rings. The van der Waals surface area contributed by atoms with Crippen molar-refractivity contribution in [3.63, 3.8) is 0 Å². The van der Waals surface area contributed by atoms with Gasteiger partial charge in [0.1, 0.15) is 10.7 Å². The number of hydrogen-bond donors (Lipinski definition) is 1. The number of rotatable bonds is 5. The molecule has 0 saturated carbocycles. The van der Waals surface area contributed by atoms with Crippen LogP contribution in [0.15, 0.2) is 4.79 Å². The van der Waals surface area contributed by atoms with Crippen molar-refractivity contribution in [1.29, 1.82) is 0 Å². The van der Waals surface area contributed by atoms with E-state index in [1.807, 2.05) is 0 Å². The minimum absolute atomic E-state index is 0.0501. The predicted molar refractivity (Wildman–Crippen MR) is 113 cm³/mol. The third kappa shape index (κ3) is 3.99. The second-order valence-corrected chi connectivity index (χ2v) is 11.8. The minimum Gasteiger partial charge on any atom is -0.341 e. The van der Waals surface area contributed by atoms with E-state index in [4.69, 9.17) is 0 Å². The Morgan fingerprint density at radius 3 is 2.89 bits per heavy atom. The van der Waals surface area contributed by atoms with E-state index >= 15 is 0 Å². The van der Waals surface area contributed by atoms with E-state index in [0.29, 0.717) is 18.0 Å². The quantitative estimate of drug-likeness (QED) is 0.759. The van der Waals surface area contributed by atoms with Gasteiger partial charge in [-0.2, -0.15) is 0 Å². The number of sulfone groups is 1. The summed E-state index contributed by atoms with van der Waals surface area (Å²) in [6.07, 6.45) is 4.76. The van der Waals surface area contributed by atoms with Crippen LogP contribution in [0.3, 0.4) is 0 Å². The Balaban J connectivity index is 1.39. The van der Waals surface area contributed by atoms with E-state index in [2.05, 4.69) is 9.97 Å². The Morgan fingerprint density at radius 2 is 2.14 bits per heavy atom. The highest BCUT2D eigenvalue weighted by Gasteiger charge is 2.32. The number of nitrogens with one attached hydrogen (secondary N) is 1. The van der Waals surface area contributed by atoms with E-state index in [1.54, 1.807) is 23.3 Å². The number of fused-ring (bicyclic) bond motifs is 3. The number of aryl methyl sites for hydroxylation is 2. The standard InChI is InChI=1S/C18H23N3O4S3/c1-21(11-6-7-28(24,25)10-11)15(22)9-26-8-14-19-17(23)16-12-4-2-3-5-13(12)27-18(16)20-14/h11H,2-10H2,1H3,(H,19,20,23)/t11-/m1/s1. The normalized spacial score (nSPS) is 21.0. The largest absolute Gasteiger partial charge is 0.341 e. The number of amides is 1. The van der Waals surface area contributed by atoms with Crippen LogP contribution in [0.5, 0.6) is 0 Å². The van der Waals surface area contributed by atoms with Gasteiger partial charge < -0.3 is 9.88 Å². The minimum atomic E-state index is -3.01. The maximum atomic E-state index is 12.5. The van der Waals surface area contributed by atoms with E-state index in [0.717, 1.165) is 29.5 Å². The highest BCUT2D eigenvalue weighted by Crippen LogP contribution is 2.33. The molecule has 0 aromatic carbocycles. The monoisotopic (exact) mass is 441 g/mol. The summed E-state index contributed by atoms with van der Waals surface area (Å²) >= 11 is 3.00. The highest BCUT2D eigenvalue weighted by molar-refractivity contribution is 7.99. The second kappa shape index (κ2) is 7.79. The van der Waals surface area contributed by atoms with Crippen molar-refractivity contribution >= 4 is 49.1 Å². The number of aromatic amines is 1. The van der Waals surface area contributed by atoms with Crippen molar-refractivity contribution in [2.24, 2.45) is 0 Å². The molecule has 1 aliphatic carbocycles. The number of carbonyl (C=O) groups excluding carboxylic acids is 1. The summed E-state index contributed by atoms with van der Waals surface area (Å²) < 4.78 is 23.2. The summed E-state index contributed by atoms with van der Waals surface area (Å²) in [7, 11) is -1.35. The van der Waals surface area contributed by atoms with Crippen LogP contribution in [0, 0.1) is 0 Å². The third-order valence-corrected chi connectivity index (χ3v) is 9.35. The SMILES string of the molecule is CN(C(=O)CSCc1nc2sc3c(c2c(=O)[nH]1)CCCC3)[C@@H]1CCS(=O)(=O)C1. The number of nitrogens with zero attached hydrogens (tertiary/aromatic N) is 2. The Morgan fingerprint density at radius 1 is 1.36 bits per heavy atom. The highest BCUT2D eigenvalue weighted by atomic mass is 32.2. The van der Waals surface area contributed by atoms with E-state index in [1.165, 1.54) is 28.6 Å². The molecule has 1 aliphatic heterocycles. The lowest BCUT2D eigenvalue weighted by atomic mass is 9.97. The first kappa shape index (κ1) is 19.9. The van der Waals surface area contributed by atoms with Gasteiger partial charge in [-0.1, -0.05) is 0 Å². The summed E-state index contributed by atoms with van der Waals surface area (Å²) in [6.45, 7) is 0. The van der Waals surface area contributed by atoms with E-state index in [9.17, 15) is 18.0 Å². The predicted octanol–water partition coefficient (Wildman–Crippen LogP) is 1.74. The number of hydrogen-bond acceptors (Lipinski definition) is 7. The molecule has 0 radical (unpaired) electrons. The van der Waals surface area contributed by atoms with Crippen LogP contribution in [-0.4, -0.2) is 59.5 Å². The summed E-state index contributed by atoms with van der Waals surface area (Å²) in [5.41, 5.74) is 1.09. The van der Waals surface area contributed by atoms with Gasteiger partial charge in [-0.15, -0.1) is 23.1 Å². The number of H-pyrrole nitrogens is 1. The molecule has 0 unspecified atom stereocenters. The molecule has 10 heteroatoms. The molecule has 0 bridgehead atoms. The molecule has 1 atom stereocenters. The van der Waals surface area contributed by atoms with Gasteiger partial charge in [-0.25, -0.2) is 13.4 Å². The molecule has 2 aromatic heterocycles. The van der Waals surface area contributed by atoms with Crippen molar-refractivity contribution in [2.75, 3.05) is 24.3 Å². The van der Waals surface area contributed by atoms with Crippen LogP contribution in [-0.2, 0) is 33.2 Å². The van der Waals surface area contributed by atoms with Gasteiger partial charge in [0.2, 0.25) is 5.91 Å². The number of thiophene rings is 1. The fraction of sp³-hybridized carbons (Fsp3) is 0.611. The molecular formula is C18H23N3O4S3. The Kier molecular flexibility index (Phi) is 5.54. The zero-order valence-electron chi connectivity index (χ0n) is 15.7. The van der Waals surface area contributed by atoms with Crippen LogP contribution in [0.25, 0.3) is 10.2 Å². The lowest BCUT2D eigenvalue weighted by Gasteiger charge is -2.23. The fourth-order valence-corrected chi connectivity index (χ4v) is 7.76. The first-order valence-electron chi connectivity index (χ1n) is 9.41. The van der Waals surface area contributed by atoms with Gasteiger partial charge in [-0.05, 0) is 37.7 Å². The first-order chi connectivity index (χ1) is 13.3. The van der Waals surface area contributed by atoms with Crippen LogP contribution in [0.4, 0.5) is 0 Å². The molecular weight excluding hydrogens is 418 g/mol. The van der Waals surface area contributed by atoms with E-state index < -0.39 is 9.84 Å². The summed E-state index contributed by atoms with van der Waals surface area (Å²) in [5.74, 6) is 1.36. The lowest BCUT2D eigenvalue weighted by Crippen LogP contribution is -2.38. The third-order valence-electron chi connectivity index (χ3n) is 5.49. The molecule has 28 heavy (non-hydrogen) atoms. The van der Waals surface area contributed by atoms with Gasteiger partial charge in [-0.3, -0.25) is 9.59 Å². The smallest absolute Gasteiger partial charge is 0.259 e. The maximum Gasteiger partial charge on any atom is 0.259 e. The van der Waals surface area contributed by atoms with Crippen LogP contribution in [0.2, 0.25) is 0 Å². The van der Waals surface area contributed by atoms with Crippen molar-refractivity contribution in [1.82, 2.24) is 14.9 Å². The Labute approximate surface area is 171 Å². The number of aromatic nitrogens is 2. The Hall–Kier alpha value is -1.39. The molecule has 152 valence electrons. The number of carbonyl (C=O) groups is 1. The van der Waals surface area contributed by atoms with Gasteiger partial charge in [0.05, 0.1) is 28.4 Å². The molecule has 4 rings (SSSR count). The Bertz CT molecular complexity index is 1070. The summed E-state index contributed by atoms with van der Waals surface area (Å²) in [4.78, 5) is 36.0. The second-order valence-electron chi connectivity index (χ2n) is 7.46. The first-order valence-corrected chi connectivity index (χ1v) is 13.2. The van der Waals surface area contributed by atoms with Crippen LogP contribution >= 0.6 is 23.1 Å². The summed E-state index contributed by atoms with van der Waals surface area (Å²) in [5, 5.41) is 0.742. The van der Waals surface area contributed by atoms with Gasteiger partial charge >= 0.3 is 0 Å². The van der Waals surface area contributed by atoms with Gasteiger partial charge in [0.15, 0.2) is 9.84 Å². The topological polar surface area (TPSA) is 100 Å². The average molecular weight is 442 g/mol. The molecule has 3 heterocycles. The zero-order valence-corrected chi connectivity index (χ0v) is 18.1. The van der Waals surface area contributed by atoms with Crippen LogP contribution in [0.1, 0.15) is 35.5 Å².